The molecule has 0 aliphatic carbocycles. The standard InChI is InChI=1S/C9H21O5P/c1-5-13-15(12,14-6-2)9(11)8(10)7(3)4/h7-11H,5-6H2,1-4H3/t8-,9+/m0/s1. The van der Waals surface area contributed by atoms with Gasteiger partial charge in [-0.15, -0.1) is 0 Å². The van der Waals surface area contributed by atoms with Gasteiger partial charge < -0.3 is 19.3 Å². The first kappa shape index (κ1) is 15.1. The summed E-state index contributed by atoms with van der Waals surface area (Å²) in [4.78, 5) is 0. The quantitative estimate of drug-likeness (QED) is 0.661. The molecular weight excluding hydrogens is 219 g/mol. The van der Waals surface area contributed by atoms with Crippen molar-refractivity contribution in [2.45, 2.75) is 39.6 Å². The van der Waals surface area contributed by atoms with E-state index in [2.05, 4.69) is 0 Å². The highest BCUT2D eigenvalue weighted by Crippen LogP contribution is 2.53. The molecule has 6 heteroatoms. The molecule has 0 saturated carbocycles. The molecule has 0 heterocycles. The summed E-state index contributed by atoms with van der Waals surface area (Å²) in [5.41, 5.74) is 0. The molecule has 0 aromatic rings. The minimum absolute atomic E-state index is 0.166. The van der Waals surface area contributed by atoms with Gasteiger partial charge in [0.2, 0.25) is 0 Å². The third-order valence-corrected chi connectivity index (χ3v) is 4.12. The molecule has 2 N–H and O–H groups in total. The molecule has 0 unspecified atom stereocenters. The predicted molar refractivity (Wildman–Crippen MR) is 57.7 cm³/mol. The van der Waals surface area contributed by atoms with Crippen molar-refractivity contribution in [3.05, 3.63) is 0 Å². The molecule has 0 aromatic heterocycles. The molecule has 0 bridgehead atoms. The van der Waals surface area contributed by atoms with Crippen LogP contribution in [0.3, 0.4) is 0 Å². The van der Waals surface area contributed by atoms with Gasteiger partial charge in [0.25, 0.3) is 0 Å². The average Bonchev–Trinajstić information content (AvgIpc) is 2.16. The Bertz CT molecular complexity index is 209. The summed E-state index contributed by atoms with van der Waals surface area (Å²) in [6.45, 7) is 7.07. The lowest BCUT2D eigenvalue weighted by Crippen LogP contribution is -2.32. The molecular formula is C9H21O5P. The molecule has 15 heavy (non-hydrogen) atoms. The fourth-order valence-electron chi connectivity index (χ4n) is 1.08. The average molecular weight is 240 g/mol. The van der Waals surface area contributed by atoms with E-state index in [1.165, 1.54) is 0 Å². The summed E-state index contributed by atoms with van der Waals surface area (Å²) in [6, 6.07) is 0. The minimum Gasteiger partial charge on any atom is -0.389 e. The summed E-state index contributed by atoms with van der Waals surface area (Å²) in [7, 11) is -3.61. The van der Waals surface area contributed by atoms with E-state index in [1.54, 1.807) is 27.7 Å². The van der Waals surface area contributed by atoms with E-state index in [9.17, 15) is 14.8 Å². The number of hydrogen-bond acceptors (Lipinski definition) is 5. The molecule has 0 fully saturated rings. The van der Waals surface area contributed by atoms with E-state index in [0.29, 0.717) is 0 Å². The third-order valence-electron chi connectivity index (χ3n) is 1.93. The SMILES string of the molecule is CCOP(=O)(OCC)[C@@H](O)[C@@H](O)C(C)C. The molecule has 0 aliphatic heterocycles. The van der Waals surface area contributed by atoms with Crippen molar-refractivity contribution in [1.29, 1.82) is 0 Å². The first-order valence-electron chi connectivity index (χ1n) is 5.14. The van der Waals surface area contributed by atoms with Crippen molar-refractivity contribution < 1.29 is 23.8 Å². The monoisotopic (exact) mass is 240 g/mol. The Kier molecular flexibility index (Phi) is 6.64. The highest BCUT2D eigenvalue weighted by molar-refractivity contribution is 7.54. The topological polar surface area (TPSA) is 76.0 Å². The summed E-state index contributed by atoms with van der Waals surface area (Å²) in [5, 5.41) is 19.3. The van der Waals surface area contributed by atoms with Crippen LogP contribution in [-0.4, -0.2) is 35.4 Å². The smallest absolute Gasteiger partial charge is 0.361 e. The van der Waals surface area contributed by atoms with E-state index >= 15 is 0 Å². The normalized spacial score (nSPS) is 16.7. The summed E-state index contributed by atoms with van der Waals surface area (Å²) in [5.74, 6) is -1.70. The zero-order chi connectivity index (χ0) is 12.1. The van der Waals surface area contributed by atoms with Gasteiger partial charge in [0.15, 0.2) is 5.85 Å². The molecule has 0 radical (unpaired) electrons. The van der Waals surface area contributed by atoms with Crippen molar-refractivity contribution in [2.75, 3.05) is 13.2 Å². The molecule has 0 saturated heterocycles. The number of hydrogen-bond donors (Lipinski definition) is 2. The Balaban J connectivity index is 4.68. The maximum atomic E-state index is 12.0. The van der Waals surface area contributed by atoms with Gasteiger partial charge in [-0.25, -0.2) is 0 Å². The molecule has 0 amide bonds. The highest BCUT2D eigenvalue weighted by Gasteiger charge is 2.40. The zero-order valence-electron chi connectivity index (χ0n) is 9.71. The summed E-state index contributed by atoms with van der Waals surface area (Å²) in [6.07, 6.45) is -1.12. The molecule has 5 nitrogen and oxygen atoms in total. The number of rotatable bonds is 7. The summed E-state index contributed by atoms with van der Waals surface area (Å²) >= 11 is 0. The lowest BCUT2D eigenvalue weighted by molar-refractivity contribution is 0.0143. The molecule has 0 rings (SSSR count). The van der Waals surface area contributed by atoms with E-state index in [-0.39, 0.29) is 19.1 Å². The van der Waals surface area contributed by atoms with Crippen LogP contribution in [0.2, 0.25) is 0 Å². The first-order valence-corrected chi connectivity index (χ1v) is 6.75. The highest BCUT2D eigenvalue weighted by atomic mass is 31.2. The van der Waals surface area contributed by atoms with Gasteiger partial charge in [-0.05, 0) is 19.8 Å². The number of aliphatic hydroxyl groups excluding tert-OH is 2. The zero-order valence-corrected chi connectivity index (χ0v) is 10.6. The van der Waals surface area contributed by atoms with Crippen LogP contribution in [0.25, 0.3) is 0 Å². The van der Waals surface area contributed by atoms with Gasteiger partial charge in [0.05, 0.1) is 19.3 Å². The van der Waals surface area contributed by atoms with Crippen LogP contribution in [0.5, 0.6) is 0 Å². The van der Waals surface area contributed by atoms with Crippen LogP contribution >= 0.6 is 7.60 Å². The predicted octanol–water partition coefficient (Wildman–Crippen LogP) is 1.59. The van der Waals surface area contributed by atoms with Crippen molar-refractivity contribution >= 4 is 7.60 Å². The van der Waals surface area contributed by atoms with E-state index < -0.39 is 19.5 Å². The van der Waals surface area contributed by atoms with Crippen LogP contribution in [-0.2, 0) is 13.6 Å². The second-order valence-corrected chi connectivity index (χ2v) is 5.65. The maximum absolute atomic E-state index is 12.0. The van der Waals surface area contributed by atoms with Crippen molar-refractivity contribution in [2.24, 2.45) is 5.92 Å². The fourth-order valence-corrected chi connectivity index (χ4v) is 2.90. The van der Waals surface area contributed by atoms with Gasteiger partial charge in [-0.1, -0.05) is 13.8 Å². The first-order chi connectivity index (χ1) is 6.89. The van der Waals surface area contributed by atoms with Crippen LogP contribution in [0.15, 0.2) is 0 Å². The van der Waals surface area contributed by atoms with Gasteiger partial charge in [-0.3, -0.25) is 4.57 Å². The molecule has 0 aliphatic rings. The fraction of sp³-hybridized carbons (Fsp3) is 1.00. The van der Waals surface area contributed by atoms with Gasteiger partial charge in [0.1, 0.15) is 0 Å². The molecule has 0 aromatic carbocycles. The lowest BCUT2D eigenvalue weighted by Gasteiger charge is -2.27. The largest absolute Gasteiger partial charge is 0.389 e. The van der Waals surface area contributed by atoms with Crippen LogP contribution in [0, 0.1) is 5.92 Å². The Morgan fingerprint density at radius 3 is 1.80 bits per heavy atom. The minimum atomic E-state index is -3.61. The molecule has 2 atom stereocenters. The third kappa shape index (κ3) is 4.21. The number of aliphatic hydroxyl groups is 2. The second-order valence-electron chi connectivity index (χ2n) is 3.52. The Morgan fingerprint density at radius 1 is 1.13 bits per heavy atom. The van der Waals surface area contributed by atoms with Crippen LogP contribution < -0.4 is 0 Å². The van der Waals surface area contributed by atoms with Gasteiger partial charge >= 0.3 is 7.60 Å². The van der Waals surface area contributed by atoms with Crippen molar-refractivity contribution in [3.63, 3.8) is 0 Å². The summed E-state index contributed by atoms with van der Waals surface area (Å²) < 4.78 is 21.9. The second kappa shape index (κ2) is 6.61. The maximum Gasteiger partial charge on any atom is 0.361 e. The van der Waals surface area contributed by atoms with E-state index in [1.807, 2.05) is 0 Å². The molecule has 0 spiro atoms. The van der Waals surface area contributed by atoms with E-state index in [4.69, 9.17) is 9.05 Å². The van der Waals surface area contributed by atoms with E-state index in [0.717, 1.165) is 0 Å². The molecule has 92 valence electrons. The Hall–Kier alpha value is 0.0700. The van der Waals surface area contributed by atoms with Crippen LogP contribution in [0.4, 0.5) is 0 Å². The lowest BCUT2D eigenvalue weighted by atomic mass is 10.1. The van der Waals surface area contributed by atoms with Gasteiger partial charge in [-0.2, -0.15) is 0 Å². The van der Waals surface area contributed by atoms with Gasteiger partial charge in [0, 0.05) is 0 Å². The van der Waals surface area contributed by atoms with Crippen molar-refractivity contribution in [3.8, 4) is 0 Å². The Labute approximate surface area is 90.9 Å². The Morgan fingerprint density at radius 2 is 1.53 bits per heavy atom. The van der Waals surface area contributed by atoms with Crippen LogP contribution in [0.1, 0.15) is 27.7 Å². The van der Waals surface area contributed by atoms with Crippen molar-refractivity contribution in [1.82, 2.24) is 0 Å².